The molecule has 3 aromatic heterocycles. The van der Waals surface area contributed by atoms with Gasteiger partial charge in [0.15, 0.2) is 5.82 Å². The monoisotopic (exact) mass is 444 g/mol. The largest absolute Gasteiger partial charge is 0.416 e. The normalized spacial score (nSPS) is 12.7. The molecule has 0 saturated carbocycles. The van der Waals surface area contributed by atoms with Crippen molar-refractivity contribution in [1.29, 1.82) is 0 Å². The van der Waals surface area contributed by atoms with Crippen LogP contribution in [0.3, 0.4) is 0 Å². The molecule has 0 radical (unpaired) electrons. The minimum atomic E-state index is -4.42. The van der Waals surface area contributed by atoms with Gasteiger partial charge in [0, 0.05) is 40.8 Å². The zero-order valence-electron chi connectivity index (χ0n) is 16.3. The van der Waals surface area contributed by atoms with E-state index in [1.165, 1.54) is 30.7 Å². The maximum Gasteiger partial charge on any atom is 0.416 e. The Hall–Kier alpha value is -3.63. The Labute approximate surface area is 179 Å². The Balaban J connectivity index is 1.64. The van der Waals surface area contributed by atoms with Gasteiger partial charge in [-0.25, -0.2) is 9.37 Å². The minimum Gasteiger partial charge on any atom is -0.393 e. The Morgan fingerprint density at radius 3 is 2.38 bits per heavy atom. The molecule has 6 nitrogen and oxygen atoms in total. The molecule has 3 N–H and O–H groups in total. The molecule has 0 saturated heterocycles. The number of aromatic nitrogens is 3. The van der Waals surface area contributed by atoms with Crippen molar-refractivity contribution in [3.8, 4) is 11.3 Å². The summed E-state index contributed by atoms with van der Waals surface area (Å²) in [6.45, 7) is -0.556. The second-order valence-electron chi connectivity index (χ2n) is 6.95. The maximum atomic E-state index is 14.5. The lowest BCUT2D eigenvalue weighted by Crippen LogP contribution is -2.05. The van der Waals surface area contributed by atoms with Gasteiger partial charge in [-0.15, -0.1) is 0 Å². The summed E-state index contributed by atoms with van der Waals surface area (Å²) in [7, 11) is 0. The third-order valence-corrected chi connectivity index (χ3v) is 4.77. The topological polar surface area (TPSA) is 91.2 Å². The SMILES string of the molecule is OC[C@H](O)c1cnc(-c2cnc3c(Nc4ccc(C(F)(F)F)cc4)nccc3c2)c(F)c1. The first-order valence-electron chi connectivity index (χ1n) is 9.40. The van der Waals surface area contributed by atoms with Gasteiger partial charge in [-0.3, -0.25) is 9.97 Å². The van der Waals surface area contributed by atoms with Crippen molar-refractivity contribution in [2.45, 2.75) is 12.3 Å². The Bertz CT molecular complexity index is 1260. The van der Waals surface area contributed by atoms with Crippen molar-refractivity contribution < 1.29 is 27.8 Å². The van der Waals surface area contributed by atoms with Gasteiger partial charge in [-0.1, -0.05) is 0 Å². The van der Waals surface area contributed by atoms with E-state index in [1.807, 2.05) is 0 Å². The molecule has 1 aromatic carbocycles. The van der Waals surface area contributed by atoms with Crippen LogP contribution in [-0.4, -0.2) is 31.8 Å². The van der Waals surface area contributed by atoms with Crippen molar-refractivity contribution in [2.75, 3.05) is 11.9 Å². The molecule has 4 rings (SSSR count). The van der Waals surface area contributed by atoms with Gasteiger partial charge < -0.3 is 15.5 Å². The third kappa shape index (κ3) is 4.36. The van der Waals surface area contributed by atoms with E-state index < -0.39 is 30.3 Å². The number of pyridine rings is 3. The fourth-order valence-corrected chi connectivity index (χ4v) is 3.11. The van der Waals surface area contributed by atoms with Gasteiger partial charge in [0.1, 0.15) is 23.1 Å². The first-order valence-corrected chi connectivity index (χ1v) is 9.40. The number of fused-ring (bicyclic) bond motifs is 1. The van der Waals surface area contributed by atoms with Crippen molar-refractivity contribution in [3.05, 3.63) is 78.0 Å². The van der Waals surface area contributed by atoms with Crippen LogP contribution in [0.15, 0.2) is 61.1 Å². The van der Waals surface area contributed by atoms with Crippen LogP contribution >= 0.6 is 0 Å². The lowest BCUT2D eigenvalue weighted by Gasteiger charge is -2.12. The summed E-state index contributed by atoms with van der Waals surface area (Å²) in [6, 6.07) is 8.91. The van der Waals surface area contributed by atoms with Gasteiger partial charge in [-0.2, -0.15) is 13.2 Å². The van der Waals surface area contributed by atoms with Crippen LogP contribution in [0.25, 0.3) is 22.2 Å². The highest BCUT2D eigenvalue weighted by atomic mass is 19.4. The van der Waals surface area contributed by atoms with Crippen molar-refractivity contribution in [2.24, 2.45) is 0 Å². The lowest BCUT2D eigenvalue weighted by molar-refractivity contribution is -0.137. The number of benzene rings is 1. The number of aliphatic hydroxyl groups is 2. The number of nitrogens with zero attached hydrogens (tertiary/aromatic N) is 3. The van der Waals surface area contributed by atoms with E-state index >= 15 is 0 Å². The molecule has 0 aliphatic carbocycles. The highest BCUT2D eigenvalue weighted by Gasteiger charge is 2.30. The number of aliphatic hydroxyl groups excluding tert-OH is 2. The highest BCUT2D eigenvalue weighted by Crippen LogP contribution is 2.31. The highest BCUT2D eigenvalue weighted by molar-refractivity contribution is 5.91. The number of alkyl halides is 3. The molecule has 10 heteroatoms. The molecule has 0 fully saturated rings. The summed E-state index contributed by atoms with van der Waals surface area (Å²) in [6.07, 6.45) is -1.50. The van der Waals surface area contributed by atoms with Gasteiger partial charge in [0.05, 0.1) is 12.2 Å². The van der Waals surface area contributed by atoms with E-state index in [0.717, 1.165) is 18.2 Å². The molecule has 0 aliphatic heterocycles. The van der Waals surface area contributed by atoms with Crippen molar-refractivity contribution >= 4 is 22.4 Å². The van der Waals surface area contributed by atoms with Gasteiger partial charge in [0.25, 0.3) is 0 Å². The molecule has 0 spiro atoms. The molecular weight excluding hydrogens is 428 g/mol. The quantitative estimate of drug-likeness (QED) is 0.389. The van der Waals surface area contributed by atoms with Crippen LogP contribution in [0.5, 0.6) is 0 Å². The summed E-state index contributed by atoms with van der Waals surface area (Å²) in [5.74, 6) is -0.364. The van der Waals surface area contributed by atoms with E-state index in [-0.39, 0.29) is 11.3 Å². The minimum absolute atomic E-state index is 0.0161. The average Bonchev–Trinajstić information content (AvgIpc) is 2.78. The summed E-state index contributed by atoms with van der Waals surface area (Å²) in [5, 5.41) is 22.2. The first-order chi connectivity index (χ1) is 15.3. The lowest BCUT2D eigenvalue weighted by atomic mass is 10.1. The summed E-state index contributed by atoms with van der Waals surface area (Å²) >= 11 is 0. The molecule has 4 aromatic rings. The number of hydrogen-bond donors (Lipinski definition) is 3. The maximum absolute atomic E-state index is 14.5. The zero-order valence-corrected chi connectivity index (χ0v) is 16.3. The predicted molar refractivity (Wildman–Crippen MR) is 109 cm³/mol. The summed E-state index contributed by atoms with van der Waals surface area (Å²) in [4.78, 5) is 12.6. The Kier molecular flexibility index (Phi) is 5.72. The number of anilines is 2. The smallest absolute Gasteiger partial charge is 0.393 e. The Morgan fingerprint density at radius 2 is 1.72 bits per heavy atom. The molecule has 3 heterocycles. The number of rotatable bonds is 5. The molecule has 0 amide bonds. The molecule has 0 bridgehead atoms. The molecule has 32 heavy (non-hydrogen) atoms. The van der Waals surface area contributed by atoms with E-state index in [0.29, 0.717) is 28.0 Å². The van der Waals surface area contributed by atoms with Crippen molar-refractivity contribution in [3.63, 3.8) is 0 Å². The van der Waals surface area contributed by atoms with Crippen LogP contribution in [0.1, 0.15) is 17.2 Å². The van der Waals surface area contributed by atoms with Crippen LogP contribution in [-0.2, 0) is 6.18 Å². The van der Waals surface area contributed by atoms with Crippen LogP contribution < -0.4 is 5.32 Å². The fourth-order valence-electron chi connectivity index (χ4n) is 3.11. The van der Waals surface area contributed by atoms with Crippen LogP contribution in [0.2, 0.25) is 0 Å². The molecule has 0 unspecified atom stereocenters. The number of halogens is 4. The number of nitrogens with one attached hydrogen (secondary N) is 1. The average molecular weight is 444 g/mol. The molecule has 164 valence electrons. The van der Waals surface area contributed by atoms with Gasteiger partial charge in [-0.05, 0) is 42.5 Å². The van der Waals surface area contributed by atoms with Crippen LogP contribution in [0, 0.1) is 5.82 Å². The van der Waals surface area contributed by atoms with Crippen molar-refractivity contribution in [1.82, 2.24) is 15.0 Å². The van der Waals surface area contributed by atoms with Gasteiger partial charge in [0.2, 0.25) is 0 Å². The first kappa shape index (κ1) is 21.6. The zero-order chi connectivity index (χ0) is 22.9. The third-order valence-electron chi connectivity index (χ3n) is 4.77. The van der Waals surface area contributed by atoms with Crippen LogP contribution in [0.4, 0.5) is 29.1 Å². The molecular formula is C22H16F4N4O2. The van der Waals surface area contributed by atoms with E-state index in [9.17, 15) is 22.7 Å². The standard InChI is InChI=1S/C22H16F4N4O2/c23-17-8-13(18(32)11-31)9-28-19(17)14-7-12-5-6-27-21(20(12)29-10-14)30-16-3-1-15(2-4-16)22(24,25)26/h1-10,18,31-32H,11H2,(H,27,30)/t18-/m0/s1. The van der Waals surface area contributed by atoms with E-state index in [4.69, 9.17) is 5.11 Å². The number of hydrogen-bond acceptors (Lipinski definition) is 6. The predicted octanol–water partition coefficient (Wildman–Crippen LogP) is 4.62. The summed E-state index contributed by atoms with van der Waals surface area (Å²) < 4.78 is 52.8. The summed E-state index contributed by atoms with van der Waals surface area (Å²) in [5.41, 5.74) is 0.617. The molecule has 1 atom stereocenters. The second kappa shape index (κ2) is 8.48. The van der Waals surface area contributed by atoms with Gasteiger partial charge >= 0.3 is 6.18 Å². The van der Waals surface area contributed by atoms with E-state index in [2.05, 4.69) is 20.3 Å². The Morgan fingerprint density at radius 1 is 0.969 bits per heavy atom. The molecule has 0 aliphatic rings. The van der Waals surface area contributed by atoms with E-state index in [1.54, 1.807) is 12.1 Å². The fraction of sp³-hybridized carbons (Fsp3) is 0.136. The second-order valence-corrected chi connectivity index (χ2v) is 6.95.